The van der Waals surface area contributed by atoms with Gasteiger partial charge in [-0.05, 0) is 32.1 Å². The van der Waals surface area contributed by atoms with Crippen molar-refractivity contribution in [1.82, 2.24) is 10.6 Å². The van der Waals surface area contributed by atoms with Crippen molar-refractivity contribution in [2.45, 2.75) is 64.1 Å². The predicted octanol–water partition coefficient (Wildman–Crippen LogP) is 0.847. The monoisotopic (exact) mass is 302 g/mol. The van der Waals surface area contributed by atoms with Crippen molar-refractivity contribution in [3.8, 4) is 0 Å². The second-order valence-electron chi connectivity index (χ2n) is 6.21. The van der Waals surface area contributed by atoms with Gasteiger partial charge in [-0.25, -0.2) is 8.42 Å². The molecule has 20 heavy (non-hydrogen) atoms. The van der Waals surface area contributed by atoms with E-state index in [2.05, 4.69) is 10.6 Å². The number of nitrogens with one attached hydrogen (secondary N) is 2. The molecule has 1 saturated carbocycles. The van der Waals surface area contributed by atoms with E-state index in [1.54, 1.807) is 13.8 Å². The van der Waals surface area contributed by atoms with E-state index in [0.717, 1.165) is 12.8 Å². The molecule has 4 atom stereocenters. The van der Waals surface area contributed by atoms with Gasteiger partial charge in [-0.15, -0.1) is 0 Å². The van der Waals surface area contributed by atoms with Gasteiger partial charge in [-0.2, -0.15) is 0 Å². The highest BCUT2D eigenvalue weighted by Gasteiger charge is 2.38. The first-order chi connectivity index (χ1) is 9.41. The summed E-state index contributed by atoms with van der Waals surface area (Å²) in [5.74, 6) is 0.723. The summed E-state index contributed by atoms with van der Waals surface area (Å²) in [6, 6.07) is 0.0148. The van der Waals surface area contributed by atoms with Crippen LogP contribution >= 0.6 is 0 Å². The predicted molar refractivity (Wildman–Crippen MR) is 79.2 cm³/mol. The van der Waals surface area contributed by atoms with Gasteiger partial charge in [-0.3, -0.25) is 4.79 Å². The number of amides is 1. The van der Waals surface area contributed by atoms with Gasteiger partial charge >= 0.3 is 0 Å². The molecule has 116 valence electrons. The zero-order valence-electron chi connectivity index (χ0n) is 12.4. The molecule has 1 aliphatic carbocycles. The van der Waals surface area contributed by atoms with Crippen LogP contribution in [0.5, 0.6) is 0 Å². The molecule has 2 aliphatic rings. The first-order valence-electron chi connectivity index (χ1n) is 7.68. The number of hydrogen-bond acceptors (Lipinski definition) is 4. The van der Waals surface area contributed by atoms with E-state index in [9.17, 15) is 13.2 Å². The minimum atomic E-state index is -3.04. The Balaban J connectivity index is 1.83. The lowest BCUT2D eigenvalue weighted by atomic mass is 9.85. The third-order valence-corrected chi connectivity index (χ3v) is 6.40. The Kier molecular flexibility index (Phi) is 5.07. The van der Waals surface area contributed by atoms with Crippen LogP contribution in [-0.2, 0) is 14.6 Å². The third kappa shape index (κ3) is 3.95. The molecule has 0 spiro atoms. The van der Waals surface area contributed by atoms with E-state index < -0.39 is 9.84 Å². The van der Waals surface area contributed by atoms with Crippen LogP contribution in [0.2, 0.25) is 0 Å². The summed E-state index contributed by atoms with van der Waals surface area (Å²) in [7, 11) is -3.04. The fraction of sp³-hybridized carbons (Fsp3) is 0.929. The number of fused-ring (bicyclic) bond motifs is 1. The lowest BCUT2D eigenvalue weighted by Crippen LogP contribution is -2.47. The summed E-state index contributed by atoms with van der Waals surface area (Å²) < 4.78 is 23.1. The largest absolute Gasteiger partial charge is 0.351 e. The van der Waals surface area contributed by atoms with Gasteiger partial charge in [0.1, 0.15) is 0 Å². The van der Waals surface area contributed by atoms with Crippen LogP contribution in [-0.4, -0.2) is 44.0 Å². The van der Waals surface area contributed by atoms with Gasteiger partial charge in [0.05, 0.1) is 11.8 Å². The maximum absolute atomic E-state index is 12.2. The summed E-state index contributed by atoms with van der Waals surface area (Å²) in [4.78, 5) is 12.2. The zero-order chi connectivity index (χ0) is 14.8. The molecule has 0 radical (unpaired) electrons. The minimum Gasteiger partial charge on any atom is -0.351 e. The van der Waals surface area contributed by atoms with Crippen LogP contribution in [0.4, 0.5) is 0 Å². The van der Waals surface area contributed by atoms with Crippen LogP contribution in [0.25, 0.3) is 0 Å². The second-order valence-corrected chi connectivity index (χ2v) is 8.61. The molecule has 1 aliphatic heterocycles. The first-order valence-corrected chi connectivity index (χ1v) is 9.50. The average molecular weight is 302 g/mol. The highest BCUT2D eigenvalue weighted by molar-refractivity contribution is 7.91. The van der Waals surface area contributed by atoms with E-state index >= 15 is 0 Å². The molecule has 0 bridgehead atoms. The van der Waals surface area contributed by atoms with Gasteiger partial charge in [0.25, 0.3) is 0 Å². The van der Waals surface area contributed by atoms with E-state index in [1.165, 1.54) is 19.3 Å². The first kappa shape index (κ1) is 15.8. The van der Waals surface area contributed by atoms with Crippen LogP contribution in [0.15, 0.2) is 0 Å². The van der Waals surface area contributed by atoms with Gasteiger partial charge in [0, 0.05) is 17.8 Å². The van der Waals surface area contributed by atoms with Crippen LogP contribution in [0, 0.1) is 5.92 Å². The Hall–Kier alpha value is -0.620. The van der Waals surface area contributed by atoms with Crippen molar-refractivity contribution in [3.63, 3.8) is 0 Å². The number of sulfone groups is 1. The molecule has 5 nitrogen and oxygen atoms in total. The van der Waals surface area contributed by atoms with Crippen molar-refractivity contribution in [2.75, 3.05) is 11.5 Å². The summed E-state index contributed by atoms with van der Waals surface area (Å²) in [5, 5.41) is 6.25. The smallest absolute Gasteiger partial charge is 0.237 e. The van der Waals surface area contributed by atoms with E-state index in [-0.39, 0.29) is 29.5 Å². The normalized spacial score (nSPS) is 31.6. The standard InChI is InChI=1S/C14H26N2O3S/c1-3-20(18,19)9-10(2)15-14(17)13-8-11-6-4-5-7-12(11)16-13/h10-13,16H,3-9H2,1-2H3,(H,15,17)/t10-,11+,12-,13-/m0/s1. The molecule has 2 N–H and O–H groups in total. The highest BCUT2D eigenvalue weighted by atomic mass is 32.2. The van der Waals surface area contributed by atoms with Crippen LogP contribution < -0.4 is 10.6 Å². The molecule has 0 aromatic rings. The molecule has 6 heteroatoms. The Bertz CT molecular complexity index is 435. The average Bonchev–Trinajstić information content (AvgIpc) is 2.81. The molecular weight excluding hydrogens is 276 g/mol. The van der Waals surface area contributed by atoms with Gasteiger partial charge in [0.2, 0.25) is 5.91 Å². The lowest BCUT2D eigenvalue weighted by Gasteiger charge is -2.24. The van der Waals surface area contributed by atoms with E-state index in [4.69, 9.17) is 0 Å². The Morgan fingerprint density at radius 3 is 2.70 bits per heavy atom. The lowest BCUT2D eigenvalue weighted by molar-refractivity contribution is -0.123. The zero-order valence-corrected chi connectivity index (χ0v) is 13.2. The molecule has 1 heterocycles. The van der Waals surface area contributed by atoms with E-state index in [1.807, 2.05) is 0 Å². The van der Waals surface area contributed by atoms with Gasteiger partial charge in [-0.1, -0.05) is 19.8 Å². The highest BCUT2D eigenvalue weighted by Crippen LogP contribution is 2.33. The van der Waals surface area contributed by atoms with Gasteiger partial charge in [0.15, 0.2) is 9.84 Å². The van der Waals surface area contributed by atoms with Crippen molar-refractivity contribution in [2.24, 2.45) is 5.92 Å². The van der Waals surface area contributed by atoms with Crippen molar-refractivity contribution < 1.29 is 13.2 Å². The molecule has 2 fully saturated rings. The Labute approximate surface area is 121 Å². The molecule has 1 amide bonds. The van der Waals surface area contributed by atoms with Crippen LogP contribution in [0.3, 0.4) is 0 Å². The third-order valence-electron chi connectivity index (χ3n) is 4.51. The Morgan fingerprint density at radius 1 is 1.35 bits per heavy atom. The van der Waals surface area contributed by atoms with Crippen molar-refractivity contribution in [1.29, 1.82) is 0 Å². The Morgan fingerprint density at radius 2 is 2.05 bits per heavy atom. The summed E-state index contributed by atoms with van der Waals surface area (Å²) >= 11 is 0. The van der Waals surface area contributed by atoms with E-state index in [0.29, 0.717) is 12.0 Å². The minimum absolute atomic E-state index is 0.0226. The van der Waals surface area contributed by atoms with Crippen molar-refractivity contribution >= 4 is 15.7 Å². The molecule has 1 saturated heterocycles. The van der Waals surface area contributed by atoms with Gasteiger partial charge < -0.3 is 10.6 Å². The van der Waals surface area contributed by atoms with Crippen LogP contribution in [0.1, 0.15) is 46.0 Å². The number of carbonyl (C=O) groups excluding carboxylic acids is 1. The fourth-order valence-electron chi connectivity index (χ4n) is 3.40. The SMILES string of the molecule is CCS(=O)(=O)C[C@H](C)NC(=O)[C@@H]1C[C@H]2CCCC[C@@H]2N1. The number of hydrogen-bond donors (Lipinski definition) is 2. The van der Waals surface area contributed by atoms with Crippen molar-refractivity contribution in [3.05, 3.63) is 0 Å². The maximum atomic E-state index is 12.2. The summed E-state index contributed by atoms with van der Waals surface area (Å²) in [6.07, 6.45) is 5.77. The maximum Gasteiger partial charge on any atom is 0.237 e. The summed E-state index contributed by atoms with van der Waals surface area (Å²) in [5.41, 5.74) is 0. The fourth-order valence-corrected chi connectivity index (χ4v) is 4.49. The number of rotatable bonds is 5. The second kappa shape index (κ2) is 6.43. The molecule has 0 unspecified atom stereocenters. The quantitative estimate of drug-likeness (QED) is 0.789. The molecule has 2 rings (SSSR count). The molecule has 0 aromatic heterocycles. The number of carbonyl (C=O) groups is 1. The summed E-state index contributed by atoms with van der Waals surface area (Å²) in [6.45, 7) is 3.39. The molecular formula is C14H26N2O3S. The molecule has 0 aromatic carbocycles. The topological polar surface area (TPSA) is 75.3 Å².